The molecule has 5 heteroatoms. The predicted molar refractivity (Wildman–Crippen MR) is 85.5 cm³/mol. The minimum atomic E-state index is -0.817. The van der Waals surface area contributed by atoms with Crippen LogP contribution in [0.5, 0.6) is 0 Å². The fourth-order valence-corrected chi connectivity index (χ4v) is 4.61. The minimum absolute atomic E-state index is 0.0349. The largest absolute Gasteiger partial charge is 0.481 e. The van der Waals surface area contributed by atoms with Crippen LogP contribution in [0, 0.1) is 5.41 Å². The Morgan fingerprint density at radius 2 is 1.76 bits per heavy atom. The number of carboxylic acids is 1. The second-order valence-electron chi connectivity index (χ2n) is 7.10. The van der Waals surface area contributed by atoms with E-state index >= 15 is 0 Å². The maximum atomic E-state index is 12.6. The number of carbonyl (C=O) groups excluding carboxylic acids is 1. The van der Waals surface area contributed by atoms with Gasteiger partial charge in [0, 0.05) is 30.0 Å². The van der Waals surface area contributed by atoms with Crippen LogP contribution < -0.4 is 0 Å². The molecule has 0 spiro atoms. The Bertz CT molecular complexity index is 400. The zero-order chi connectivity index (χ0) is 15.5. The first kappa shape index (κ1) is 16.7. The first-order valence-electron chi connectivity index (χ1n) is 8.00. The molecule has 0 unspecified atom stereocenters. The molecule has 0 radical (unpaired) electrons. The van der Waals surface area contributed by atoms with E-state index in [1.165, 1.54) is 0 Å². The second kappa shape index (κ2) is 6.59. The molecular formula is C16H27NO3S. The fraction of sp³-hybridized carbons (Fsp3) is 0.875. The summed E-state index contributed by atoms with van der Waals surface area (Å²) in [6.07, 6.45) is 5.54. The molecule has 1 saturated heterocycles. The van der Waals surface area contributed by atoms with Crippen molar-refractivity contribution in [2.75, 3.05) is 18.8 Å². The number of aliphatic carboxylic acids is 1. The summed E-state index contributed by atoms with van der Waals surface area (Å²) in [5.41, 5.74) is -0.817. The average molecular weight is 313 g/mol. The van der Waals surface area contributed by atoms with Crippen molar-refractivity contribution in [1.82, 2.24) is 4.90 Å². The van der Waals surface area contributed by atoms with Gasteiger partial charge in [-0.1, -0.05) is 25.7 Å². The molecule has 1 aliphatic carbocycles. The molecule has 1 saturated carbocycles. The number of nitrogens with zero attached hydrogens (tertiary/aromatic N) is 1. The second-order valence-corrected chi connectivity index (χ2v) is 8.90. The van der Waals surface area contributed by atoms with Gasteiger partial charge in [-0.3, -0.25) is 9.59 Å². The van der Waals surface area contributed by atoms with Gasteiger partial charge in [0.2, 0.25) is 5.91 Å². The summed E-state index contributed by atoms with van der Waals surface area (Å²) in [5.74, 6) is 0.204. The van der Waals surface area contributed by atoms with Crippen molar-refractivity contribution in [1.29, 1.82) is 0 Å². The molecule has 1 aliphatic heterocycles. The summed E-state index contributed by atoms with van der Waals surface area (Å²) in [6, 6.07) is 0. The standard InChI is InChI=1S/C16H27NO3S/c1-15(2)12-17(9-10-21-15)13(18)11-16(14(19)20)7-5-3-4-6-8-16/h3-12H2,1-2H3,(H,19,20). The lowest BCUT2D eigenvalue weighted by Crippen LogP contribution is -2.48. The third-order valence-electron chi connectivity index (χ3n) is 4.78. The predicted octanol–water partition coefficient (Wildman–Crippen LogP) is 3.16. The molecule has 4 nitrogen and oxygen atoms in total. The third-order valence-corrected chi connectivity index (χ3v) is 6.08. The lowest BCUT2D eigenvalue weighted by atomic mass is 9.77. The molecule has 2 aliphatic rings. The molecular weight excluding hydrogens is 286 g/mol. The number of thioether (sulfide) groups is 1. The number of amides is 1. The number of hydrogen-bond donors (Lipinski definition) is 1. The van der Waals surface area contributed by atoms with E-state index in [1.54, 1.807) is 0 Å². The topological polar surface area (TPSA) is 57.6 Å². The van der Waals surface area contributed by atoms with Crippen molar-refractivity contribution in [2.45, 2.75) is 63.5 Å². The first-order chi connectivity index (χ1) is 9.85. The van der Waals surface area contributed by atoms with Gasteiger partial charge in [0.05, 0.1) is 5.41 Å². The van der Waals surface area contributed by atoms with Gasteiger partial charge in [-0.05, 0) is 26.7 Å². The Hall–Kier alpha value is -0.710. The van der Waals surface area contributed by atoms with Gasteiger partial charge in [-0.15, -0.1) is 0 Å². The fourth-order valence-electron chi connectivity index (χ4n) is 3.50. The molecule has 1 N–H and O–H groups in total. The molecule has 0 aromatic rings. The smallest absolute Gasteiger partial charge is 0.310 e. The molecule has 1 heterocycles. The highest BCUT2D eigenvalue weighted by Crippen LogP contribution is 2.39. The van der Waals surface area contributed by atoms with E-state index in [2.05, 4.69) is 13.8 Å². The summed E-state index contributed by atoms with van der Waals surface area (Å²) in [6.45, 7) is 5.78. The minimum Gasteiger partial charge on any atom is -0.481 e. The van der Waals surface area contributed by atoms with E-state index in [1.807, 2.05) is 16.7 Å². The number of rotatable bonds is 3. The molecule has 1 amide bonds. The summed E-state index contributed by atoms with van der Waals surface area (Å²) in [4.78, 5) is 26.3. The molecule has 2 rings (SSSR count). The SMILES string of the molecule is CC1(C)CN(C(=O)CC2(C(=O)O)CCCCCC2)CCS1. The van der Waals surface area contributed by atoms with Crippen LogP contribution >= 0.6 is 11.8 Å². The van der Waals surface area contributed by atoms with Gasteiger partial charge in [-0.2, -0.15) is 11.8 Å². The summed E-state index contributed by atoms with van der Waals surface area (Å²) >= 11 is 1.89. The number of hydrogen-bond acceptors (Lipinski definition) is 3. The molecule has 120 valence electrons. The maximum Gasteiger partial charge on any atom is 0.310 e. The van der Waals surface area contributed by atoms with Gasteiger partial charge in [0.1, 0.15) is 0 Å². The number of carbonyl (C=O) groups is 2. The Kier molecular flexibility index (Phi) is 5.23. The van der Waals surface area contributed by atoms with Crippen molar-refractivity contribution in [2.24, 2.45) is 5.41 Å². The Morgan fingerprint density at radius 1 is 1.14 bits per heavy atom. The lowest BCUT2D eigenvalue weighted by molar-refractivity contribution is -0.154. The zero-order valence-electron chi connectivity index (χ0n) is 13.2. The highest BCUT2D eigenvalue weighted by Gasteiger charge is 2.42. The molecule has 0 aromatic carbocycles. The molecule has 0 aromatic heterocycles. The number of carboxylic acid groups (broad SMARTS) is 1. The van der Waals surface area contributed by atoms with Crippen LogP contribution in [0.25, 0.3) is 0 Å². The van der Waals surface area contributed by atoms with Crippen molar-refractivity contribution >= 4 is 23.6 Å². The van der Waals surface area contributed by atoms with Gasteiger partial charge < -0.3 is 10.0 Å². The lowest BCUT2D eigenvalue weighted by Gasteiger charge is -2.39. The molecule has 0 bridgehead atoms. The summed E-state index contributed by atoms with van der Waals surface area (Å²) < 4.78 is 0.0771. The van der Waals surface area contributed by atoms with Gasteiger partial charge in [0.25, 0.3) is 0 Å². The van der Waals surface area contributed by atoms with E-state index in [9.17, 15) is 14.7 Å². The Labute approximate surface area is 131 Å². The van der Waals surface area contributed by atoms with Crippen LogP contribution in [0.1, 0.15) is 58.8 Å². The van der Waals surface area contributed by atoms with Crippen LogP contribution in [0.2, 0.25) is 0 Å². The quantitative estimate of drug-likeness (QED) is 0.813. The average Bonchev–Trinajstić information content (AvgIpc) is 2.64. The third kappa shape index (κ3) is 4.15. The van der Waals surface area contributed by atoms with Crippen LogP contribution in [0.4, 0.5) is 0 Å². The highest BCUT2D eigenvalue weighted by molar-refractivity contribution is 8.00. The van der Waals surface area contributed by atoms with Crippen molar-refractivity contribution < 1.29 is 14.7 Å². The molecule has 0 atom stereocenters. The zero-order valence-corrected chi connectivity index (χ0v) is 14.0. The van der Waals surface area contributed by atoms with Crippen LogP contribution in [0.3, 0.4) is 0 Å². The van der Waals surface area contributed by atoms with E-state index in [4.69, 9.17) is 0 Å². The van der Waals surface area contributed by atoms with Crippen molar-refractivity contribution in [3.63, 3.8) is 0 Å². The highest BCUT2D eigenvalue weighted by atomic mass is 32.2. The Morgan fingerprint density at radius 3 is 2.29 bits per heavy atom. The normalized spacial score (nSPS) is 25.1. The van der Waals surface area contributed by atoms with Crippen LogP contribution in [-0.4, -0.2) is 45.5 Å². The molecule has 2 fully saturated rings. The van der Waals surface area contributed by atoms with E-state index < -0.39 is 11.4 Å². The van der Waals surface area contributed by atoms with Crippen molar-refractivity contribution in [3.8, 4) is 0 Å². The van der Waals surface area contributed by atoms with E-state index in [-0.39, 0.29) is 17.1 Å². The first-order valence-corrected chi connectivity index (χ1v) is 8.98. The van der Waals surface area contributed by atoms with E-state index in [0.717, 1.165) is 44.5 Å². The van der Waals surface area contributed by atoms with Crippen molar-refractivity contribution in [3.05, 3.63) is 0 Å². The summed E-state index contributed by atoms with van der Waals surface area (Å²) in [7, 11) is 0. The van der Waals surface area contributed by atoms with Gasteiger partial charge in [0.15, 0.2) is 0 Å². The monoisotopic (exact) mass is 313 g/mol. The van der Waals surface area contributed by atoms with E-state index in [0.29, 0.717) is 12.8 Å². The van der Waals surface area contributed by atoms with Gasteiger partial charge >= 0.3 is 5.97 Å². The molecule has 21 heavy (non-hydrogen) atoms. The maximum absolute atomic E-state index is 12.6. The summed E-state index contributed by atoms with van der Waals surface area (Å²) in [5, 5.41) is 9.69. The van der Waals surface area contributed by atoms with Gasteiger partial charge in [-0.25, -0.2) is 0 Å². The van der Waals surface area contributed by atoms with Crippen LogP contribution in [0.15, 0.2) is 0 Å². The Balaban J connectivity index is 2.06. The van der Waals surface area contributed by atoms with Crippen LogP contribution in [-0.2, 0) is 9.59 Å².